The van der Waals surface area contributed by atoms with Crippen molar-refractivity contribution in [3.63, 3.8) is 0 Å². The number of halogens is 1. The van der Waals surface area contributed by atoms with E-state index in [-0.39, 0.29) is 11.6 Å². The molecule has 1 unspecified atom stereocenters. The molecule has 0 aliphatic carbocycles. The van der Waals surface area contributed by atoms with Gasteiger partial charge in [0.2, 0.25) is 0 Å². The van der Waals surface area contributed by atoms with Gasteiger partial charge < -0.3 is 4.74 Å². The molecule has 15 heavy (non-hydrogen) atoms. The molecule has 0 aromatic heterocycles. The molecule has 1 atom stereocenters. The fourth-order valence-electron chi connectivity index (χ4n) is 1.75. The van der Waals surface area contributed by atoms with E-state index < -0.39 is 0 Å². The lowest BCUT2D eigenvalue weighted by Gasteiger charge is -2.30. The van der Waals surface area contributed by atoms with Gasteiger partial charge in [0.25, 0.3) is 0 Å². The molecule has 0 radical (unpaired) electrons. The molecule has 1 heterocycles. The quantitative estimate of drug-likeness (QED) is 0.785. The molecular weight excluding hydrogens is 258 g/mol. The Morgan fingerprint density at radius 2 is 2.13 bits per heavy atom. The summed E-state index contributed by atoms with van der Waals surface area (Å²) in [5.74, 6) is 0. The minimum atomic E-state index is -0.378. The maximum atomic E-state index is 11.4. The van der Waals surface area contributed by atoms with Gasteiger partial charge in [-0.3, -0.25) is 4.90 Å². The van der Waals surface area contributed by atoms with Crippen LogP contribution in [-0.2, 0) is 10.3 Å². The smallest absolute Gasteiger partial charge is 0.410 e. The Morgan fingerprint density at radius 3 is 2.67 bits per heavy atom. The molecule has 1 aromatic carbocycles. The molecule has 0 spiro atoms. The van der Waals surface area contributed by atoms with Crippen LogP contribution in [0.25, 0.3) is 0 Å². The van der Waals surface area contributed by atoms with E-state index in [0.717, 1.165) is 10.0 Å². The number of hydrogen-bond acceptors (Lipinski definition) is 2. The Hall–Kier alpha value is -1.03. The molecule has 2 rings (SSSR count). The third-order valence-corrected chi connectivity index (χ3v) is 3.64. The second kappa shape index (κ2) is 3.52. The Balaban J connectivity index is 2.47. The Bertz CT molecular complexity index is 407. The van der Waals surface area contributed by atoms with Crippen molar-refractivity contribution in [1.29, 1.82) is 0 Å². The standard InChI is InChI=1S/C11H12BrNO2/c1-11(7-15-10(14)13(11)2)8-5-3-4-6-9(8)12/h3-6H,7H2,1-2H3. The molecule has 0 N–H and O–H groups in total. The highest BCUT2D eigenvalue weighted by Crippen LogP contribution is 2.36. The average Bonchev–Trinajstić information content (AvgIpc) is 2.48. The van der Waals surface area contributed by atoms with Crippen molar-refractivity contribution in [3.8, 4) is 0 Å². The van der Waals surface area contributed by atoms with Crippen LogP contribution in [0, 0.1) is 0 Å². The maximum Gasteiger partial charge on any atom is 0.410 e. The van der Waals surface area contributed by atoms with Crippen molar-refractivity contribution in [2.45, 2.75) is 12.5 Å². The highest BCUT2D eigenvalue weighted by Gasteiger charge is 2.43. The van der Waals surface area contributed by atoms with Crippen LogP contribution in [0.1, 0.15) is 12.5 Å². The molecule has 80 valence electrons. The molecule has 0 saturated carbocycles. The Morgan fingerprint density at radius 1 is 1.47 bits per heavy atom. The van der Waals surface area contributed by atoms with Crippen molar-refractivity contribution in [3.05, 3.63) is 34.3 Å². The summed E-state index contributed by atoms with van der Waals surface area (Å²) in [4.78, 5) is 13.0. The van der Waals surface area contributed by atoms with Gasteiger partial charge in [-0.25, -0.2) is 4.79 Å². The number of benzene rings is 1. The van der Waals surface area contributed by atoms with E-state index in [0.29, 0.717) is 6.61 Å². The van der Waals surface area contributed by atoms with E-state index in [1.807, 2.05) is 31.2 Å². The first-order valence-corrected chi connectivity index (χ1v) is 5.50. The maximum absolute atomic E-state index is 11.4. The zero-order chi connectivity index (χ0) is 11.1. The van der Waals surface area contributed by atoms with Gasteiger partial charge in [-0.2, -0.15) is 0 Å². The van der Waals surface area contributed by atoms with E-state index in [2.05, 4.69) is 15.9 Å². The molecule has 1 fully saturated rings. The van der Waals surface area contributed by atoms with Gasteiger partial charge >= 0.3 is 6.09 Å². The highest BCUT2D eigenvalue weighted by molar-refractivity contribution is 9.10. The van der Waals surface area contributed by atoms with Crippen LogP contribution < -0.4 is 0 Å². The number of ether oxygens (including phenoxy) is 1. The number of nitrogens with zero attached hydrogens (tertiary/aromatic N) is 1. The van der Waals surface area contributed by atoms with Crippen molar-refractivity contribution in [2.24, 2.45) is 0 Å². The Labute approximate surface area is 97.2 Å². The van der Waals surface area contributed by atoms with Gasteiger partial charge in [-0.05, 0) is 18.6 Å². The summed E-state index contributed by atoms with van der Waals surface area (Å²) < 4.78 is 6.05. The van der Waals surface area contributed by atoms with Crippen molar-refractivity contribution < 1.29 is 9.53 Å². The minimum absolute atomic E-state index is 0.270. The summed E-state index contributed by atoms with van der Waals surface area (Å²) in [6, 6.07) is 7.89. The summed E-state index contributed by atoms with van der Waals surface area (Å²) >= 11 is 3.50. The summed E-state index contributed by atoms with van der Waals surface area (Å²) in [6.45, 7) is 2.39. The van der Waals surface area contributed by atoms with Crippen molar-refractivity contribution in [2.75, 3.05) is 13.7 Å². The van der Waals surface area contributed by atoms with Gasteiger partial charge in [0, 0.05) is 11.5 Å². The number of amides is 1. The Kier molecular flexibility index (Phi) is 2.46. The molecule has 4 heteroatoms. The van der Waals surface area contributed by atoms with Gasteiger partial charge in [0.15, 0.2) is 0 Å². The summed E-state index contributed by atoms with van der Waals surface area (Å²) in [7, 11) is 1.76. The third kappa shape index (κ3) is 1.53. The summed E-state index contributed by atoms with van der Waals surface area (Å²) in [5, 5.41) is 0. The summed E-state index contributed by atoms with van der Waals surface area (Å²) in [5.41, 5.74) is 0.690. The van der Waals surface area contributed by atoms with Crippen LogP contribution in [0.15, 0.2) is 28.7 Å². The second-order valence-electron chi connectivity index (χ2n) is 3.87. The SMILES string of the molecule is CN1C(=O)OCC1(C)c1ccccc1Br. The normalized spacial score (nSPS) is 25.5. The number of likely N-dealkylation sites (N-methyl/N-ethyl adjacent to an activating group) is 1. The second-order valence-corrected chi connectivity index (χ2v) is 4.72. The van der Waals surface area contributed by atoms with E-state index >= 15 is 0 Å². The zero-order valence-electron chi connectivity index (χ0n) is 8.66. The molecule has 1 amide bonds. The molecule has 3 nitrogen and oxygen atoms in total. The number of carbonyl (C=O) groups excluding carboxylic acids is 1. The zero-order valence-corrected chi connectivity index (χ0v) is 10.2. The van der Waals surface area contributed by atoms with E-state index in [4.69, 9.17) is 4.74 Å². The van der Waals surface area contributed by atoms with E-state index in [9.17, 15) is 4.79 Å². The minimum Gasteiger partial charge on any atom is -0.447 e. The fourth-order valence-corrected chi connectivity index (χ4v) is 2.47. The molecule has 1 aliphatic rings. The van der Waals surface area contributed by atoms with Gasteiger partial charge in [-0.1, -0.05) is 34.1 Å². The molecule has 1 aliphatic heterocycles. The van der Waals surface area contributed by atoms with Crippen molar-refractivity contribution in [1.82, 2.24) is 4.90 Å². The first-order chi connectivity index (χ1) is 7.05. The fraction of sp³-hybridized carbons (Fsp3) is 0.364. The summed E-state index contributed by atoms with van der Waals surface area (Å²) in [6.07, 6.45) is -0.270. The predicted octanol–water partition coefficient (Wildman–Crippen LogP) is 2.75. The molecule has 1 aromatic rings. The molecule has 0 bridgehead atoms. The number of rotatable bonds is 1. The van der Waals surface area contributed by atoms with Crippen LogP contribution in [0.2, 0.25) is 0 Å². The monoisotopic (exact) mass is 269 g/mol. The lowest BCUT2D eigenvalue weighted by atomic mass is 9.92. The van der Waals surface area contributed by atoms with Crippen LogP contribution in [-0.4, -0.2) is 24.6 Å². The number of hydrogen-bond donors (Lipinski definition) is 0. The first kappa shape index (κ1) is 10.5. The van der Waals surface area contributed by atoms with Crippen LogP contribution in [0.4, 0.5) is 4.79 Å². The lowest BCUT2D eigenvalue weighted by Crippen LogP contribution is -2.39. The first-order valence-electron chi connectivity index (χ1n) is 4.71. The molecule has 1 saturated heterocycles. The number of cyclic esters (lactones) is 1. The molecular formula is C11H12BrNO2. The third-order valence-electron chi connectivity index (χ3n) is 2.94. The van der Waals surface area contributed by atoms with E-state index in [1.165, 1.54) is 0 Å². The van der Waals surface area contributed by atoms with Crippen molar-refractivity contribution >= 4 is 22.0 Å². The van der Waals surface area contributed by atoms with Crippen LogP contribution >= 0.6 is 15.9 Å². The van der Waals surface area contributed by atoms with Gasteiger partial charge in [0.1, 0.15) is 12.1 Å². The number of carbonyl (C=O) groups is 1. The van der Waals surface area contributed by atoms with Crippen LogP contribution in [0.3, 0.4) is 0 Å². The average molecular weight is 270 g/mol. The highest BCUT2D eigenvalue weighted by atomic mass is 79.9. The van der Waals surface area contributed by atoms with E-state index in [1.54, 1.807) is 11.9 Å². The van der Waals surface area contributed by atoms with Crippen LogP contribution in [0.5, 0.6) is 0 Å². The lowest BCUT2D eigenvalue weighted by molar-refractivity contribution is 0.162. The van der Waals surface area contributed by atoms with Gasteiger partial charge in [0.05, 0.1) is 0 Å². The predicted molar refractivity (Wildman–Crippen MR) is 60.6 cm³/mol. The largest absolute Gasteiger partial charge is 0.447 e. The topological polar surface area (TPSA) is 29.5 Å². The van der Waals surface area contributed by atoms with Gasteiger partial charge in [-0.15, -0.1) is 0 Å².